The molecule has 4 aliphatic carbocycles. The Kier molecular flexibility index (Phi) is 4.01. The number of methoxy groups -OCH3 is 4. The van der Waals surface area contributed by atoms with Gasteiger partial charge in [-0.1, -0.05) is 36.4 Å². The molecule has 0 N–H and O–H groups in total. The molecule has 0 radical (unpaired) electrons. The summed E-state index contributed by atoms with van der Waals surface area (Å²) in [6, 6.07) is 12.9. The average molecular weight is 498 g/mol. The van der Waals surface area contributed by atoms with Gasteiger partial charge in [-0.3, -0.25) is 0 Å². The van der Waals surface area contributed by atoms with Crippen LogP contribution >= 0.6 is 0 Å². The van der Waals surface area contributed by atoms with Crippen molar-refractivity contribution < 1.29 is 23.7 Å². The van der Waals surface area contributed by atoms with Gasteiger partial charge in [-0.15, -0.1) is 0 Å². The van der Waals surface area contributed by atoms with Crippen LogP contribution in [0.15, 0.2) is 48.6 Å². The predicted molar refractivity (Wildman–Crippen MR) is 140 cm³/mol. The van der Waals surface area contributed by atoms with E-state index in [0.29, 0.717) is 0 Å². The number of hydrogen-bond donors (Lipinski definition) is 0. The number of rotatable bonds is 4. The molecule has 37 heavy (non-hydrogen) atoms. The van der Waals surface area contributed by atoms with Crippen molar-refractivity contribution in [3.8, 4) is 23.0 Å². The molecule has 9 rings (SSSR count). The van der Waals surface area contributed by atoms with Crippen LogP contribution < -0.4 is 18.9 Å². The smallest absolute Gasteiger partial charge is 0.166 e. The zero-order valence-corrected chi connectivity index (χ0v) is 21.9. The minimum Gasteiger partial charge on any atom is -0.496 e. The van der Waals surface area contributed by atoms with Gasteiger partial charge in [0, 0.05) is 46.0 Å². The van der Waals surface area contributed by atoms with Crippen molar-refractivity contribution in [1.82, 2.24) is 4.90 Å². The molecule has 1 fully saturated rings. The van der Waals surface area contributed by atoms with Gasteiger partial charge < -0.3 is 28.6 Å². The fourth-order valence-corrected chi connectivity index (χ4v) is 9.04. The molecule has 1 unspecified atom stereocenters. The second kappa shape index (κ2) is 6.80. The van der Waals surface area contributed by atoms with Gasteiger partial charge in [0.05, 0.1) is 26.7 Å². The van der Waals surface area contributed by atoms with Gasteiger partial charge in [0.15, 0.2) is 17.1 Å². The zero-order chi connectivity index (χ0) is 25.3. The predicted octanol–water partition coefficient (Wildman–Crippen LogP) is 4.49. The van der Waals surface area contributed by atoms with E-state index in [-0.39, 0.29) is 23.0 Å². The fourth-order valence-electron chi connectivity index (χ4n) is 9.04. The lowest BCUT2D eigenvalue weighted by Crippen LogP contribution is -2.78. The first-order chi connectivity index (χ1) is 18.0. The Morgan fingerprint density at radius 1 is 0.865 bits per heavy atom. The van der Waals surface area contributed by atoms with Gasteiger partial charge in [0.2, 0.25) is 0 Å². The van der Waals surface area contributed by atoms with Crippen LogP contribution in [0.3, 0.4) is 0 Å². The quantitative estimate of drug-likeness (QED) is 0.495. The summed E-state index contributed by atoms with van der Waals surface area (Å²) in [6.07, 6.45) is 6.30. The minimum absolute atomic E-state index is 0.226. The molecule has 0 aromatic heterocycles. The van der Waals surface area contributed by atoms with E-state index in [1.54, 1.807) is 28.4 Å². The molecule has 2 heterocycles. The Morgan fingerprint density at radius 2 is 1.59 bits per heavy atom. The van der Waals surface area contributed by atoms with Crippen LogP contribution in [0.2, 0.25) is 0 Å². The van der Waals surface area contributed by atoms with Crippen LogP contribution in [0, 0.1) is 0 Å². The topological polar surface area (TPSA) is 49.4 Å². The molecule has 190 valence electrons. The summed E-state index contributed by atoms with van der Waals surface area (Å²) in [5.41, 5.74) is 3.32. The van der Waals surface area contributed by atoms with Crippen molar-refractivity contribution in [2.75, 3.05) is 42.0 Å². The van der Waals surface area contributed by atoms with E-state index < -0.39 is 5.60 Å². The van der Waals surface area contributed by atoms with Gasteiger partial charge in [0.1, 0.15) is 17.6 Å². The third-order valence-corrected chi connectivity index (χ3v) is 10.3. The number of benzene rings is 3. The minimum atomic E-state index is -0.848. The lowest BCUT2D eigenvalue weighted by Gasteiger charge is -2.69. The SMILES string of the molecule is COc1ccc2c3c1O[C@H]1C4(OC)C=C[C@@]5(c6c4c(OC)c4ccccc4c6OC)[C@@H](C2)N(C)CC[C@]315. The van der Waals surface area contributed by atoms with Crippen LogP contribution in [0.1, 0.15) is 28.7 Å². The monoisotopic (exact) mass is 497 g/mol. The van der Waals surface area contributed by atoms with Crippen molar-refractivity contribution in [1.29, 1.82) is 0 Å². The second-order valence-electron chi connectivity index (χ2n) is 11.1. The summed E-state index contributed by atoms with van der Waals surface area (Å²) in [6.45, 7) is 0.984. The lowest BCUT2D eigenvalue weighted by atomic mass is 9.37. The summed E-state index contributed by atoms with van der Waals surface area (Å²) in [5, 5.41) is 2.08. The van der Waals surface area contributed by atoms with E-state index in [9.17, 15) is 0 Å². The average Bonchev–Trinajstić information content (AvgIpc) is 3.30. The zero-order valence-electron chi connectivity index (χ0n) is 21.9. The molecule has 3 aromatic carbocycles. The summed E-state index contributed by atoms with van der Waals surface area (Å²) < 4.78 is 32.2. The highest BCUT2D eigenvalue weighted by Gasteiger charge is 2.79. The van der Waals surface area contributed by atoms with Crippen molar-refractivity contribution in [2.24, 2.45) is 0 Å². The van der Waals surface area contributed by atoms with Gasteiger partial charge in [-0.05, 0) is 44.1 Å². The summed E-state index contributed by atoms with van der Waals surface area (Å²) in [7, 11) is 9.34. The molecule has 2 spiro atoms. The van der Waals surface area contributed by atoms with Crippen molar-refractivity contribution >= 4 is 10.8 Å². The van der Waals surface area contributed by atoms with E-state index >= 15 is 0 Å². The molecule has 4 bridgehead atoms. The number of ether oxygens (including phenoxy) is 5. The highest BCUT2D eigenvalue weighted by Crippen LogP contribution is 2.76. The first-order valence-electron chi connectivity index (χ1n) is 13.0. The van der Waals surface area contributed by atoms with E-state index in [1.807, 2.05) is 0 Å². The molecular weight excluding hydrogens is 466 g/mol. The maximum atomic E-state index is 7.08. The van der Waals surface area contributed by atoms with Gasteiger partial charge in [0.25, 0.3) is 0 Å². The molecule has 5 atom stereocenters. The third kappa shape index (κ3) is 2.03. The molecule has 0 saturated carbocycles. The Balaban J connectivity index is 1.62. The molecular formula is C31H31NO5. The lowest BCUT2D eigenvalue weighted by molar-refractivity contribution is -0.145. The normalized spacial score (nSPS) is 33.6. The van der Waals surface area contributed by atoms with Crippen LogP contribution in [0.5, 0.6) is 23.0 Å². The van der Waals surface area contributed by atoms with Gasteiger partial charge in [-0.25, -0.2) is 0 Å². The van der Waals surface area contributed by atoms with Crippen LogP contribution in [0.25, 0.3) is 10.8 Å². The third-order valence-electron chi connectivity index (χ3n) is 10.3. The largest absolute Gasteiger partial charge is 0.496 e. The van der Waals surface area contributed by atoms with Gasteiger partial charge in [-0.2, -0.15) is 0 Å². The van der Waals surface area contributed by atoms with Crippen molar-refractivity contribution in [2.45, 2.75) is 41.4 Å². The van der Waals surface area contributed by atoms with Crippen molar-refractivity contribution in [3.63, 3.8) is 0 Å². The Hall–Kier alpha value is -3.22. The number of likely N-dealkylation sites (tertiary alicyclic amines) is 1. The Labute approximate surface area is 216 Å². The van der Waals surface area contributed by atoms with E-state index in [0.717, 1.165) is 58.7 Å². The highest BCUT2D eigenvalue weighted by molar-refractivity contribution is 5.98. The number of piperidine rings is 1. The molecule has 3 aromatic rings. The summed E-state index contributed by atoms with van der Waals surface area (Å²) in [4.78, 5) is 2.54. The fraction of sp³-hybridized carbons (Fsp3) is 0.419. The second-order valence-corrected chi connectivity index (χ2v) is 11.1. The van der Waals surface area contributed by atoms with Crippen LogP contribution in [-0.2, 0) is 27.6 Å². The first kappa shape index (κ1) is 21.8. The summed E-state index contributed by atoms with van der Waals surface area (Å²) >= 11 is 0. The summed E-state index contributed by atoms with van der Waals surface area (Å²) in [5.74, 6) is 3.41. The highest BCUT2D eigenvalue weighted by atomic mass is 16.6. The number of fused-ring (bicyclic) bond motifs is 1. The number of nitrogens with zero attached hydrogens (tertiary/aromatic N) is 1. The van der Waals surface area contributed by atoms with Gasteiger partial charge >= 0.3 is 0 Å². The van der Waals surface area contributed by atoms with Crippen molar-refractivity contribution in [3.05, 3.63) is 70.8 Å². The molecule has 2 aliphatic heterocycles. The molecule has 6 heteroatoms. The molecule has 0 amide bonds. The first-order valence-corrected chi connectivity index (χ1v) is 13.0. The molecule has 6 aliphatic rings. The maximum absolute atomic E-state index is 7.08. The Bertz CT molecular complexity index is 1550. The van der Waals surface area contributed by atoms with E-state index in [1.165, 1.54) is 16.7 Å². The van der Waals surface area contributed by atoms with E-state index in [2.05, 4.69) is 60.5 Å². The van der Waals surface area contributed by atoms with E-state index in [4.69, 9.17) is 23.7 Å². The van der Waals surface area contributed by atoms with Crippen LogP contribution in [0.4, 0.5) is 0 Å². The number of hydrogen-bond acceptors (Lipinski definition) is 6. The standard InChI is InChI=1S/C31H31NO5/c1-32-15-14-30-22-17-10-11-20(33-2)27(22)37-28(30)31(36-5)13-12-29(30,21(32)16-17)23-24(31)26(35-4)19-9-7-6-8-18(19)25(23)34-3/h6-13,21,28H,14-16H2,1-5H3/t21-,28-,29+,30+,31?/m1/s1. The maximum Gasteiger partial charge on any atom is 0.166 e. The Morgan fingerprint density at radius 3 is 2.27 bits per heavy atom. The van der Waals surface area contributed by atoms with Crippen LogP contribution in [-0.4, -0.2) is 59.1 Å². The molecule has 1 saturated heterocycles. The number of likely N-dealkylation sites (N-methyl/N-ethyl adjacent to an activating group) is 1. The molecule has 6 nitrogen and oxygen atoms in total.